The van der Waals surface area contributed by atoms with Gasteiger partial charge in [-0.05, 0) is 30.2 Å². The summed E-state index contributed by atoms with van der Waals surface area (Å²) >= 11 is 0. The summed E-state index contributed by atoms with van der Waals surface area (Å²) in [5, 5.41) is 10.8. The quantitative estimate of drug-likeness (QED) is 0.899. The van der Waals surface area contributed by atoms with E-state index in [-0.39, 0.29) is 12.5 Å². The molecule has 3 rings (SSSR count). The lowest BCUT2D eigenvalue weighted by molar-refractivity contribution is 0.0779. The van der Waals surface area contributed by atoms with Crippen molar-refractivity contribution in [1.29, 1.82) is 0 Å². The van der Waals surface area contributed by atoms with E-state index in [4.69, 9.17) is 10.8 Å². The molecule has 3 N–H and O–H groups in total. The van der Waals surface area contributed by atoms with Gasteiger partial charge in [-0.15, -0.1) is 0 Å². The largest absolute Gasteiger partial charge is 0.396 e. The maximum Gasteiger partial charge on any atom is 0.272 e. The molecule has 1 aliphatic heterocycles. The normalized spacial score (nSPS) is 18.3. The molecule has 2 aromatic rings. The molecule has 0 radical (unpaired) electrons. The van der Waals surface area contributed by atoms with Gasteiger partial charge in [0.1, 0.15) is 11.5 Å². The van der Waals surface area contributed by atoms with Crippen molar-refractivity contribution >= 4 is 22.5 Å². The summed E-state index contributed by atoms with van der Waals surface area (Å²) in [6.45, 7) is 1.58. The lowest BCUT2D eigenvalue weighted by atomic mass is 10.1. The number of carbonyl (C=O) groups is 1. The molecule has 0 spiro atoms. The number of pyridine rings is 1. The van der Waals surface area contributed by atoms with E-state index in [1.54, 1.807) is 11.0 Å². The minimum Gasteiger partial charge on any atom is -0.396 e. The molecule has 0 aliphatic carbocycles. The van der Waals surface area contributed by atoms with E-state index in [1.165, 1.54) is 0 Å². The number of carbonyl (C=O) groups excluding carboxylic acids is 1. The number of aliphatic hydroxyl groups excluding tert-OH is 1. The van der Waals surface area contributed by atoms with Crippen LogP contribution in [0.15, 0.2) is 30.3 Å². The number of benzene rings is 1. The predicted molar refractivity (Wildman–Crippen MR) is 81.9 cm³/mol. The highest BCUT2D eigenvalue weighted by molar-refractivity contribution is 5.99. The first-order valence-electron chi connectivity index (χ1n) is 7.24. The Morgan fingerprint density at radius 3 is 3.05 bits per heavy atom. The van der Waals surface area contributed by atoms with Crippen molar-refractivity contribution in [3.63, 3.8) is 0 Å². The first-order chi connectivity index (χ1) is 10.2. The number of aliphatic hydroxyl groups is 1. The van der Waals surface area contributed by atoms with Gasteiger partial charge < -0.3 is 15.7 Å². The molecule has 0 saturated carbocycles. The molecule has 1 unspecified atom stereocenters. The topological polar surface area (TPSA) is 79.5 Å². The van der Waals surface area contributed by atoms with Crippen molar-refractivity contribution in [2.75, 3.05) is 25.4 Å². The number of nitrogen functional groups attached to an aromatic ring is 1. The Balaban J connectivity index is 1.85. The van der Waals surface area contributed by atoms with Gasteiger partial charge in [-0.2, -0.15) is 0 Å². The van der Waals surface area contributed by atoms with Crippen molar-refractivity contribution in [2.45, 2.75) is 12.8 Å². The summed E-state index contributed by atoms with van der Waals surface area (Å²) in [5.74, 6) is 0.701. The van der Waals surface area contributed by atoms with Crippen LogP contribution in [0.1, 0.15) is 23.3 Å². The number of amides is 1. The maximum absolute atomic E-state index is 12.5. The monoisotopic (exact) mass is 285 g/mol. The molecule has 1 aromatic heterocycles. The number of hydrogen-bond donors (Lipinski definition) is 2. The summed E-state index contributed by atoms with van der Waals surface area (Å²) in [7, 11) is 0. The molecule has 1 atom stereocenters. The Morgan fingerprint density at radius 1 is 1.43 bits per heavy atom. The molecule has 1 aromatic carbocycles. The average Bonchev–Trinajstić information content (AvgIpc) is 2.95. The van der Waals surface area contributed by atoms with Crippen LogP contribution in [0.2, 0.25) is 0 Å². The molecule has 1 amide bonds. The fourth-order valence-electron chi connectivity index (χ4n) is 2.93. The van der Waals surface area contributed by atoms with Gasteiger partial charge in [-0.3, -0.25) is 4.79 Å². The number of anilines is 1. The van der Waals surface area contributed by atoms with E-state index >= 15 is 0 Å². The van der Waals surface area contributed by atoms with Gasteiger partial charge in [-0.1, -0.05) is 24.3 Å². The van der Waals surface area contributed by atoms with E-state index in [9.17, 15) is 4.79 Å². The third kappa shape index (κ3) is 2.69. The zero-order valence-corrected chi connectivity index (χ0v) is 11.8. The Kier molecular flexibility index (Phi) is 3.75. The first kappa shape index (κ1) is 13.8. The summed E-state index contributed by atoms with van der Waals surface area (Å²) in [6, 6.07) is 9.46. The average molecular weight is 285 g/mol. The van der Waals surface area contributed by atoms with Crippen LogP contribution >= 0.6 is 0 Å². The van der Waals surface area contributed by atoms with E-state index in [0.29, 0.717) is 24.0 Å². The Hall–Kier alpha value is -2.14. The highest BCUT2D eigenvalue weighted by Gasteiger charge is 2.27. The van der Waals surface area contributed by atoms with Crippen LogP contribution in [0.5, 0.6) is 0 Å². The lowest BCUT2D eigenvalue weighted by Crippen LogP contribution is -2.29. The predicted octanol–water partition coefficient (Wildman–Crippen LogP) is 1.66. The van der Waals surface area contributed by atoms with E-state index in [2.05, 4.69) is 4.98 Å². The van der Waals surface area contributed by atoms with Crippen LogP contribution in [0.3, 0.4) is 0 Å². The molecular weight excluding hydrogens is 266 g/mol. The maximum atomic E-state index is 12.5. The van der Waals surface area contributed by atoms with Gasteiger partial charge in [0.2, 0.25) is 0 Å². The Labute approximate surface area is 123 Å². The smallest absolute Gasteiger partial charge is 0.272 e. The second-order valence-electron chi connectivity index (χ2n) is 5.53. The lowest BCUT2D eigenvalue weighted by Gasteiger charge is -2.16. The SMILES string of the molecule is Nc1nc(C(=O)N2CCC(CCO)C2)cc2ccccc12. The van der Waals surface area contributed by atoms with Crippen LogP contribution in [0.4, 0.5) is 5.82 Å². The highest BCUT2D eigenvalue weighted by atomic mass is 16.3. The summed E-state index contributed by atoms with van der Waals surface area (Å²) in [4.78, 5) is 18.6. The fourth-order valence-corrected chi connectivity index (χ4v) is 2.93. The van der Waals surface area contributed by atoms with Crippen molar-refractivity contribution in [3.8, 4) is 0 Å². The van der Waals surface area contributed by atoms with Gasteiger partial charge in [0.05, 0.1) is 0 Å². The van der Waals surface area contributed by atoms with Gasteiger partial charge in [-0.25, -0.2) is 4.98 Å². The number of likely N-dealkylation sites (tertiary alicyclic amines) is 1. The van der Waals surface area contributed by atoms with E-state index < -0.39 is 0 Å². The number of hydrogen-bond acceptors (Lipinski definition) is 4. The van der Waals surface area contributed by atoms with Gasteiger partial charge in [0, 0.05) is 25.1 Å². The molecule has 5 heteroatoms. The number of rotatable bonds is 3. The number of nitrogens with zero attached hydrogens (tertiary/aromatic N) is 2. The van der Waals surface area contributed by atoms with Gasteiger partial charge >= 0.3 is 0 Å². The highest BCUT2D eigenvalue weighted by Crippen LogP contribution is 2.24. The van der Waals surface area contributed by atoms with Crippen molar-refractivity contribution in [2.24, 2.45) is 5.92 Å². The Morgan fingerprint density at radius 2 is 2.24 bits per heavy atom. The minimum atomic E-state index is -0.0760. The van der Waals surface area contributed by atoms with Crippen LogP contribution in [0.25, 0.3) is 10.8 Å². The van der Waals surface area contributed by atoms with Gasteiger partial charge in [0.15, 0.2) is 0 Å². The van der Waals surface area contributed by atoms with Crippen molar-refractivity contribution in [3.05, 3.63) is 36.0 Å². The zero-order valence-electron chi connectivity index (χ0n) is 11.8. The third-order valence-electron chi connectivity index (χ3n) is 4.10. The van der Waals surface area contributed by atoms with Crippen LogP contribution in [0, 0.1) is 5.92 Å². The van der Waals surface area contributed by atoms with Crippen LogP contribution < -0.4 is 5.73 Å². The molecule has 2 heterocycles. The summed E-state index contributed by atoms with van der Waals surface area (Å²) in [6.07, 6.45) is 1.69. The standard InChI is InChI=1S/C16H19N3O2/c17-15-13-4-2-1-3-12(13)9-14(18-15)16(21)19-7-5-11(10-19)6-8-20/h1-4,9,11,20H,5-8,10H2,(H2,17,18). The molecule has 0 bridgehead atoms. The second kappa shape index (κ2) is 5.69. The fraction of sp³-hybridized carbons (Fsp3) is 0.375. The first-order valence-corrected chi connectivity index (χ1v) is 7.24. The summed E-state index contributed by atoms with van der Waals surface area (Å²) < 4.78 is 0. The van der Waals surface area contributed by atoms with E-state index in [1.807, 2.05) is 24.3 Å². The number of fused-ring (bicyclic) bond motifs is 1. The molecule has 1 aliphatic rings. The van der Waals surface area contributed by atoms with Crippen molar-refractivity contribution in [1.82, 2.24) is 9.88 Å². The molecule has 110 valence electrons. The van der Waals surface area contributed by atoms with Gasteiger partial charge in [0.25, 0.3) is 5.91 Å². The Bertz CT molecular complexity index is 672. The van der Waals surface area contributed by atoms with E-state index in [0.717, 1.165) is 30.2 Å². The number of aromatic nitrogens is 1. The molecular formula is C16H19N3O2. The van der Waals surface area contributed by atoms with Crippen molar-refractivity contribution < 1.29 is 9.90 Å². The molecule has 1 fully saturated rings. The molecule has 1 saturated heterocycles. The number of nitrogens with two attached hydrogens (primary N) is 1. The summed E-state index contributed by atoms with van der Waals surface area (Å²) in [5.41, 5.74) is 6.35. The van der Waals surface area contributed by atoms with Crippen LogP contribution in [-0.4, -0.2) is 40.6 Å². The minimum absolute atomic E-state index is 0.0760. The van der Waals surface area contributed by atoms with Crippen LogP contribution in [-0.2, 0) is 0 Å². The molecule has 21 heavy (non-hydrogen) atoms. The molecule has 5 nitrogen and oxygen atoms in total. The zero-order chi connectivity index (χ0) is 14.8. The second-order valence-corrected chi connectivity index (χ2v) is 5.53. The third-order valence-corrected chi connectivity index (χ3v) is 4.10.